The summed E-state index contributed by atoms with van der Waals surface area (Å²) in [6, 6.07) is 13.9. The minimum absolute atomic E-state index is 0.202. The zero-order valence-corrected chi connectivity index (χ0v) is 15.6. The number of nitrogens with zero attached hydrogens (tertiary/aromatic N) is 1. The Balaban J connectivity index is 2.27. The van der Waals surface area contributed by atoms with Crippen molar-refractivity contribution < 1.29 is 19.5 Å². The summed E-state index contributed by atoms with van der Waals surface area (Å²) >= 11 is 0.850. The summed E-state index contributed by atoms with van der Waals surface area (Å²) < 4.78 is 0. The quantitative estimate of drug-likeness (QED) is 0.432. The maximum Gasteiger partial charge on any atom is 0.335 e. The number of benzene rings is 2. The van der Waals surface area contributed by atoms with Crippen molar-refractivity contribution in [2.75, 3.05) is 13.6 Å². The maximum absolute atomic E-state index is 12.1. The molecule has 0 aliphatic heterocycles. The molecule has 0 heterocycles. The number of hydrogen-bond acceptors (Lipinski definition) is 4. The SMILES string of the molecule is C=CCN(C)C(=O)S/C(C=O)=C\c1cccc(-c2cccc(C(=O)O)c2)c1. The highest BCUT2D eigenvalue weighted by atomic mass is 32.2. The van der Waals surface area contributed by atoms with Gasteiger partial charge in [-0.15, -0.1) is 6.58 Å². The average molecular weight is 381 g/mol. The third-order valence-corrected chi connectivity index (χ3v) is 4.61. The lowest BCUT2D eigenvalue weighted by Gasteiger charge is -2.13. The number of allylic oxidation sites excluding steroid dienone is 1. The molecule has 0 unspecified atom stereocenters. The molecular formula is C21H19NO4S. The Hall–Kier alpha value is -3.12. The van der Waals surface area contributed by atoms with Gasteiger partial charge in [-0.2, -0.15) is 0 Å². The molecule has 0 aliphatic rings. The molecule has 2 aromatic rings. The molecule has 0 bridgehead atoms. The molecule has 5 nitrogen and oxygen atoms in total. The van der Waals surface area contributed by atoms with E-state index in [2.05, 4.69) is 6.58 Å². The van der Waals surface area contributed by atoms with Gasteiger partial charge in [-0.3, -0.25) is 9.59 Å². The van der Waals surface area contributed by atoms with Crippen molar-refractivity contribution in [3.63, 3.8) is 0 Å². The molecule has 2 aromatic carbocycles. The predicted octanol–water partition coefficient (Wildman–Crippen LogP) is 4.56. The van der Waals surface area contributed by atoms with Crippen LogP contribution in [0, 0.1) is 0 Å². The second-order valence-electron chi connectivity index (χ2n) is 5.71. The van der Waals surface area contributed by atoms with Crippen LogP contribution in [0.2, 0.25) is 0 Å². The number of thioether (sulfide) groups is 1. The number of rotatable bonds is 7. The molecule has 1 amide bonds. The first-order valence-corrected chi connectivity index (χ1v) is 8.90. The number of hydrogen-bond donors (Lipinski definition) is 1. The molecule has 6 heteroatoms. The Morgan fingerprint density at radius 3 is 2.44 bits per heavy atom. The van der Waals surface area contributed by atoms with Crippen LogP contribution in [-0.2, 0) is 4.79 Å². The molecule has 0 aliphatic carbocycles. The fourth-order valence-electron chi connectivity index (χ4n) is 2.34. The summed E-state index contributed by atoms with van der Waals surface area (Å²) in [7, 11) is 1.63. The van der Waals surface area contributed by atoms with E-state index >= 15 is 0 Å². The first-order valence-electron chi connectivity index (χ1n) is 8.09. The number of carboxylic acid groups (broad SMARTS) is 1. The molecule has 0 radical (unpaired) electrons. The second-order valence-corrected chi connectivity index (χ2v) is 6.74. The van der Waals surface area contributed by atoms with Crippen molar-refractivity contribution in [3.8, 4) is 11.1 Å². The van der Waals surface area contributed by atoms with E-state index in [-0.39, 0.29) is 15.7 Å². The van der Waals surface area contributed by atoms with Crippen molar-refractivity contribution in [1.29, 1.82) is 0 Å². The van der Waals surface area contributed by atoms with Crippen molar-refractivity contribution >= 4 is 35.3 Å². The summed E-state index contributed by atoms with van der Waals surface area (Å²) in [5.74, 6) is -0.991. The first-order chi connectivity index (χ1) is 12.9. The number of amides is 1. The van der Waals surface area contributed by atoms with Crippen LogP contribution in [0.15, 0.2) is 66.1 Å². The van der Waals surface area contributed by atoms with E-state index in [4.69, 9.17) is 5.11 Å². The van der Waals surface area contributed by atoms with Crippen molar-refractivity contribution in [2.24, 2.45) is 0 Å². The highest BCUT2D eigenvalue weighted by Gasteiger charge is 2.11. The fourth-order valence-corrected chi connectivity index (χ4v) is 3.01. The lowest BCUT2D eigenvalue weighted by atomic mass is 10.0. The van der Waals surface area contributed by atoms with E-state index in [0.717, 1.165) is 28.5 Å². The third-order valence-electron chi connectivity index (χ3n) is 3.67. The minimum atomic E-state index is -0.991. The molecule has 0 atom stereocenters. The standard InChI is InChI=1S/C21H19NO4S/c1-3-10-22(2)21(26)27-19(14-23)12-15-6-4-7-16(11-15)17-8-5-9-18(13-17)20(24)25/h3-9,11-14H,1,10H2,2H3,(H,24,25)/b19-12-. The van der Waals surface area contributed by atoms with Crippen molar-refractivity contribution in [3.05, 3.63) is 77.2 Å². The van der Waals surface area contributed by atoms with Gasteiger partial charge in [0, 0.05) is 13.6 Å². The van der Waals surface area contributed by atoms with Crippen LogP contribution in [0.25, 0.3) is 17.2 Å². The van der Waals surface area contributed by atoms with E-state index in [1.54, 1.807) is 31.3 Å². The topological polar surface area (TPSA) is 74.7 Å². The zero-order chi connectivity index (χ0) is 19.8. The predicted molar refractivity (Wildman–Crippen MR) is 109 cm³/mol. The van der Waals surface area contributed by atoms with E-state index < -0.39 is 5.97 Å². The van der Waals surface area contributed by atoms with Crippen molar-refractivity contribution in [2.45, 2.75) is 0 Å². The Morgan fingerprint density at radius 1 is 1.15 bits per heavy atom. The second kappa shape index (κ2) is 9.54. The molecule has 0 fully saturated rings. The normalized spacial score (nSPS) is 10.9. The Bertz CT molecular complexity index is 905. The van der Waals surface area contributed by atoms with Gasteiger partial charge in [-0.25, -0.2) is 4.79 Å². The summed E-state index contributed by atoms with van der Waals surface area (Å²) in [5, 5.41) is 8.88. The van der Waals surface area contributed by atoms with Crippen LogP contribution >= 0.6 is 11.8 Å². The van der Waals surface area contributed by atoms with Gasteiger partial charge in [0.05, 0.1) is 10.5 Å². The number of carbonyl (C=O) groups excluding carboxylic acids is 2. The van der Waals surface area contributed by atoms with E-state index in [1.807, 2.05) is 30.3 Å². The molecule has 0 saturated carbocycles. The molecular weight excluding hydrogens is 362 g/mol. The van der Waals surface area contributed by atoms with Gasteiger partial charge >= 0.3 is 5.97 Å². The van der Waals surface area contributed by atoms with E-state index in [1.165, 1.54) is 11.0 Å². The van der Waals surface area contributed by atoms with Gasteiger partial charge < -0.3 is 10.0 Å². The zero-order valence-electron chi connectivity index (χ0n) is 14.8. The van der Waals surface area contributed by atoms with Crippen LogP contribution in [0.3, 0.4) is 0 Å². The number of likely N-dealkylation sites (N-methyl/N-ethyl adjacent to an activating group) is 1. The van der Waals surface area contributed by atoms with Gasteiger partial charge in [0.1, 0.15) is 0 Å². The Morgan fingerprint density at radius 2 is 1.81 bits per heavy atom. The number of carbonyl (C=O) groups is 3. The number of aromatic carboxylic acids is 1. The average Bonchev–Trinajstić information content (AvgIpc) is 2.67. The first kappa shape index (κ1) is 20.2. The van der Waals surface area contributed by atoms with Crippen LogP contribution < -0.4 is 0 Å². The van der Waals surface area contributed by atoms with Gasteiger partial charge in [-0.1, -0.05) is 36.4 Å². The van der Waals surface area contributed by atoms with E-state index in [0.29, 0.717) is 12.8 Å². The fraction of sp³-hybridized carbons (Fsp3) is 0.0952. The van der Waals surface area contributed by atoms with Gasteiger partial charge in [-0.05, 0) is 52.7 Å². The highest BCUT2D eigenvalue weighted by Crippen LogP contribution is 2.25. The summed E-state index contributed by atoms with van der Waals surface area (Å²) in [5.41, 5.74) is 2.51. The Kier molecular flexibility index (Phi) is 7.14. The molecule has 138 valence electrons. The van der Waals surface area contributed by atoms with Crippen molar-refractivity contribution in [1.82, 2.24) is 4.90 Å². The van der Waals surface area contributed by atoms with Crippen LogP contribution in [-0.4, -0.2) is 41.1 Å². The maximum atomic E-state index is 12.1. The summed E-state index contributed by atoms with van der Waals surface area (Å²) in [4.78, 5) is 36.3. The third kappa shape index (κ3) is 5.69. The molecule has 1 N–H and O–H groups in total. The molecule has 0 spiro atoms. The van der Waals surface area contributed by atoms with Gasteiger partial charge in [0.15, 0.2) is 6.29 Å². The van der Waals surface area contributed by atoms with Crippen LogP contribution in [0.4, 0.5) is 4.79 Å². The smallest absolute Gasteiger partial charge is 0.335 e. The minimum Gasteiger partial charge on any atom is -0.478 e. The molecule has 0 aromatic heterocycles. The lowest BCUT2D eigenvalue weighted by molar-refractivity contribution is -0.104. The number of carboxylic acids is 1. The lowest BCUT2D eigenvalue weighted by Crippen LogP contribution is -2.22. The largest absolute Gasteiger partial charge is 0.478 e. The summed E-state index contributed by atoms with van der Waals surface area (Å²) in [6.07, 6.45) is 3.88. The number of aldehydes is 1. The molecule has 2 rings (SSSR count). The van der Waals surface area contributed by atoms with Crippen LogP contribution in [0.5, 0.6) is 0 Å². The van der Waals surface area contributed by atoms with Gasteiger partial charge in [0.25, 0.3) is 5.24 Å². The monoisotopic (exact) mass is 381 g/mol. The molecule has 0 saturated heterocycles. The van der Waals surface area contributed by atoms with E-state index in [9.17, 15) is 14.4 Å². The molecule has 27 heavy (non-hydrogen) atoms. The van der Waals surface area contributed by atoms with Gasteiger partial charge in [0.2, 0.25) is 0 Å². The Labute approximate surface area is 162 Å². The van der Waals surface area contributed by atoms with Crippen LogP contribution in [0.1, 0.15) is 15.9 Å². The highest BCUT2D eigenvalue weighted by molar-refractivity contribution is 8.17. The summed E-state index contributed by atoms with van der Waals surface area (Å²) in [6.45, 7) is 3.98.